The van der Waals surface area contributed by atoms with Crippen LogP contribution in [0.5, 0.6) is 17.2 Å². The molecule has 0 bridgehead atoms. The van der Waals surface area contributed by atoms with Crippen LogP contribution in [0.4, 0.5) is 0 Å². The number of nitrogens with zero attached hydrogens (tertiary/aromatic N) is 1. The lowest BCUT2D eigenvalue weighted by atomic mass is 10.1. The lowest BCUT2D eigenvalue weighted by Gasteiger charge is -2.17. The fourth-order valence-corrected chi connectivity index (χ4v) is 1.75. The van der Waals surface area contributed by atoms with Gasteiger partial charge in [0.2, 0.25) is 6.79 Å². The van der Waals surface area contributed by atoms with Crippen molar-refractivity contribution in [1.29, 1.82) is 5.26 Å². The Balaban J connectivity index is 2.12. The molecule has 2 rings (SSSR count). The molecule has 0 aromatic heterocycles. The Morgan fingerprint density at radius 3 is 3.00 bits per heavy atom. The topological polar surface area (TPSA) is 51.5 Å². The Morgan fingerprint density at radius 2 is 2.28 bits per heavy atom. The molecular weight excluding hydrogens is 230 g/mol. The minimum Gasteiger partial charge on any atom is -0.485 e. The lowest BCUT2D eigenvalue weighted by molar-refractivity contribution is 0.173. The van der Waals surface area contributed by atoms with Gasteiger partial charge in [-0.25, -0.2) is 0 Å². The summed E-state index contributed by atoms with van der Waals surface area (Å²) in [7, 11) is 0. The van der Waals surface area contributed by atoms with Crippen molar-refractivity contribution in [3.63, 3.8) is 0 Å². The number of nitriles is 1. The number of hydrogen-bond acceptors (Lipinski definition) is 4. The van der Waals surface area contributed by atoms with Gasteiger partial charge in [0, 0.05) is 6.07 Å². The van der Waals surface area contributed by atoms with Crippen molar-refractivity contribution in [1.82, 2.24) is 0 Å². The molecule has 0 saturated heterocycles. The molecule has 1 aliphatic heterocycles. The molecule has 0 unspecified atom stereocenters. The lowest BCUT2D eigenvalue weighted by Crippen LogP contribution is -2.17. The van der Waals surface area contributed by atoms with E-state index in [1.54, 1.807) is 18.2 Å². The molecule has 0 aliphatic carbocycles. The molecule has 18 heavy (non-hydrogen) atoms. The Hall–Kier alpha value is -2.15. The van der Waals surface area contributed by atoms with Crippen LogP contribution in [-0.4, -0.2) is 12.9 Å². The van der Waals surface area contributed by atoms with Gasteiger partial charge in [0.25, 0.3) is 0 Å². The van der Waals surface area contributed by atoms with E-state index in [9.17, 15) is 0 Å². The highest BCUT2D eigenvalue weighted by atomic mass is 16.7. The SMILES string of the molecule is C=C(C#N)[C@H](CCC)Oc1ccc2c(c1)OCO2. The van der Waals surface area contributed by atoms with Crippen molar-refractivity contribution in [3.8, 4) is 23.3 Å². The maximum atomic E-state index is 8.89. The molecule has 0 spiro atoms. The third-order valence-corrected chi connectivity index (χ3v) is 2.71. The largest absolute Gasteiger partial charge is 0.485 e. The molecule has 0 amide bonds. The highest BCUT2D eigenvalue weighted by Crippen LogP contribution is 2.35. The predicted molar refractivity (Wildman–Crippen MR) is 66.6 cm³/mol. The molecule has 4 heteroatoms. The molecule has 1 heterocycles. The standard InChI is InChI=1S/C14H15NO3/c1-3-4-12(10(2)8-15)18-11-5-6-13-14(7-11)17-9-16-13/h5-7,12H,2-4,9H2,1H3/t12-/m0/s1. The Labute approximate surface area is 106 Å². The van der Waals surface area contributed by atoms with Gasteiger partial charge < -0.3 is 14.2 Å². The van der Waals surface area contributed by atoms with Crippen molar-refractivity contribution in [2.75, 3.05) is 6.79 Å². The molecule has 0 fully saturated rings. The van der Waals surface area contributed by atoms with Crippen LogP contribution in [-0.2, 0) is 0 Å². The predicted octanol–water partition coefficient (Wildman–Crippen LogP) is 3.04. The van der Waals surface area contributed by atoms with Crippen molar-refractivity contribution in [2.45, 2.75) is 25.9 Å². The molecule has 94 valence electrons. The third kappa shape index (κ3) is 2.57. The highest BCUT2D eigenvalue weighted by molar-refractivity contribution is 5.47. The first-order chi connectivity index (χ1) is 8.74. The van der Waals surface area contributed by atoms with Crippen LogP contribution in [0.25, 0.3) is 0 Å². The molecule has 1 atom stereocenters. The smallest absolute Gasteiger partial charge is 0.231 e. The van der Waals surface area contributed by atoms with E-state index in [1.165, 1.54) is 0 Å². The van der Waals surface area contributed by atoms with Gasteiger partial charge in [-0.1, -0.05) is 19.9 Å². The summed E-state index contributed by atoms with van der Waals surface area (Å²) < 4.78 is 16.3. The summed E-state index contributed by atoms with van der Waals surface area (Å²) in [6, 6.07) is 7.43. The minimum atomic E-state index is -0.277. The summed E-state index contributed by atoms with van der Waals surface area (Å²) in [5.41, 5.74) is 0.439. The molecule has 0 radical (unpaired) electrons. The van der Waals surface area contributed by atoms with E-state index in [4.69, 9.17) is 19.5 Å². The Morgan fingerprint density at radius 1 is 1.50 bits per heavy atom. The fourth-order valence-electron chi connectivity index (χ4n) is 1.75. The van der Waals surface area contributed by atoms with Gasteiger partial charge in [-0.15, -0.1) is 0 Å². The van der Waals surface area contributed by atoms with Crippen LogP contribution in [0, 0.1) is 11.3 Å². The molecule has 4 nitrogen and oxygen atoms in total. The van der Waals surface area contributed by atoms with Crippen LogP contribution >= 0.6 is 0 Å². The molecule has 1 aromatic carbocycles. The van der Waals surface area contributed by atoms with Gasteiger partial charge in [-0.3, -0.25) is 0 Å². The van der Waals surface area contributed by atoms with Gasteiger partial charge in [-0.2, -0.15) is 5.26 Å². The van der Waals surface area contributed by atoms with E-state index < -0.39 is 0 Å². The third-order valence-electron chi connectivity index (χ3n) is 2.71. The van der Waals surface area contributed by atoms with Crippen LogP contribution < -0.4 is 14.2 Å². The first kappa shape index (κ1) is 12.3. The summed E-state index contributed by atoms with van der Waals surface area (Å²) >= 11 is 0. The van der Waals surface area contributed by atoms with E-state index in [2.05, 4.69) is 6.58 Å². The van der Waals surface area contributed by atoms with Gasteiger partial charge in [0.1, 0.15) is 11.9 Å². The average Bonchev–Trinajstić information content (AvgIpc) is 2.84. The number of ether oxygens (including phenoxy) is 3. The highest BCUT2D eigenvalue weighted by Gasteiger charge is 2.17. The number of rotatable bonds is 5. The van der Waals surface area contributed by atoms with Gasteiger partial charge >= 0.3 is 0 Å². The molecule has 1 aromatic rings. The Kier molecular flexibility index (Phi) is 3.73. The van der Waals surface area contributed by atoms with E-state index >= 15 is 0 Å². The molecule has 0 saturated carbocycles. The second kappa shape index (κ2) is 5.46. The van der Waals surface area contributed by atoms with Gasteiger partial charge in [-0.05, 0) is 18.6 Å². The van der Waals surface area contributed by atoms with Crippen LogP contribution in [0.3, 0.4) is 0 Å². The zero-order valence-corrected chi connectivity index (χ0v) is 10.3. The quantitative estimate of drug-likeness (QED) is 0.748. The zero-order valence-electron chi connectivity index (χ0n) is 10.3. The summed E-state index contributed by atoms with van der Waals surface area (Å²) in [4.78, 5) is 0. The van der Waals surface area contributed by atoms with Crippen molar-refractivity contribution in [3.05, 3.63) is 30.4 Å². The summed E-state index contributed by atoms with van der Waals surface area (Å²) in [6.45, 7) is 6.00. The van der Waals surface area contributed by atoms with E-state index in [-0.39, 0.29) is 12.9 Å². The minimum absolute atomic E-state index is 0.238. The summed E-state index contributed by atoms with van der Waals surface area (Å²) in [6.07, 6.45) is 1.41. The maximum absolute atomic E-state index is 8.89. The first-order valence-electron chi connectivity index (χ1n) is 5.89. The van der Waals surface area contributed by atoms with Crippen LogP contribution in [0.2, 0.25) is 0 Å². The van der Waals surface area contributed by atoms with Crippen molar-refractivity contribution < 1.29 is 14.2 Å². The van der Waals surface area contributed by atoms with E-state index in [0.717, 1.165) is 12.8 Å². The van der Waals surface area contributed by atoms with Crippen LogP contribution in [0.1, 0.15) is 19.8 Å². The van der Waals surface area contributed by atoms with Gasteiger partial charge in [0.05, 0.1) is 11.6 Å². The summed E-state index contributed by atoms with van der Waals surface area (Å²) in [5.74, 6) is 2.05. The molecular formula is C14H15NO3. The number of benzene rings is 1. The zero-order chi connectivity index (χ0) is 13.0. The van der Waals surface area contributed by atoms with E-state index in [0.29, 0.717) is 22.8 Å². The van der Waals surface area contributed by atoms with Crippen LogP contribution in [0.15, 0.2) is 30.4 Å². The second-order valence-corrected chi connectivity index (χ2v) is 4.05. The van der Waals surface area contributed by atoms with Crippen molar-refractivity contribution in [2.24, 2.45) is 0 Å². The number of fused-ring (bicyclic) bond motifs is 1. The van der Waals surface area contributed by atoms with Gasteiger partial charge in [0.15, 0.2) is 11.5 Å². The number of hydrogen-bond donors (Lipinski definition) is 0. The fraction of sp³-hybridized carbons (Fsp3) is 0.357. The Bertz CT molecular complexity index is 490. The normalized spacial score (nSPS) is 13.8. The first-order valence-corrected chi connectivity index (χ1v) is 5.89. The monoisotopic (exact) mass is 245 g/mol. The average molecular weight is 245 g/mol. The second-order valence-electron chi connectivity index (χ2n) is 4.05. The molecule has 1 aliphatic rings. The maximum Gasteiger partial charge on any atom is 0.231 e. The van der Waals surface area contributed by atoms with Crippen molar-refractivity contribution >= 4 is 0 Å². The molecule has 0 N–H and O–H groups in total. The van der Waals surface area contributed by atoms with E-state index in [1.807, 2.05) is 13.0 Å². The summed E-state index contributed by atoms with van der Waals surface area (Å²) in [5, 5.41) is 8.89.